The smallest absolute Gasteiger partial charge is 0.237 e. The van der Waals surface area contributed by atoms with E-state index in [1.54, 1.807) is 0 Å². The van der Waals surface area contributed by atoms with E-state index in [0.29, 0.717) is 17.4 Å². The van der Waals surface area contributed by atoms with E-state index in [1.807, 2.05) is 0 Å². The molecule has 0 spiro atoms. The van der Waals surface area contributed by atoms with Crippen molar-refractivity contribution < 1.29 is 4.79 Å². The lowest BCUT2D eigenvalue weighted by molar-refractivity contribution is -0.126. The number of carbonyl (C=O) groups is 1. The number of carbonyl (C=O) groups excluding carboxylic acids is 1. The van der Waals surface area contributed by atoms with Crippen molar-refractivity contribution in [3.63, 3.8) is 0 Å². The molecule has 4 heteroatoms. The number of hydrogen-bond acceptors (Lipinski definition) is 3. The molecule has 3 rings (SSSR count). The molecular formula is C16H29N3O. The molecule has 3 aliphatic rings. The van der Waals surface area contributed by atoms with Crippen LogP contribution in [0.3, 0.4) is 0 Å². The van der Waals surface area contributed by atoms with Gasteiger partial charge < -0.3 is 10.6 Å². The van der Waals surface area contributed by atoms with Gasteiger partial charge in [-0.3, -0.25) is 9.69 Å². The molecule has 0 bridgehead atoms. The molecule has 1 amide bonds. The molecule has 2 N–H and O–H groups in total. The molecule has 0 aromatic rings. The fourth-order valence-corrected chi connectivity index (χ4v) is 3.87. The van der Waals surface area contributed by atoms with Crippen LogP contribution in [0.1, 0.15) is 51.9 Å². The predicted molar refractivity (Wildman–Crippen MR) is 80.6 cm³/mol. The quantitative estimate of drug-likeness (QED) is 0.802. The average molecular weight is 279 g/mol. The number of hydrogen-bond donors (Lipinski definition) is 2. The van der Waals surface area contributed by atoms with Gasteiger partial charge in [0.05, 0.1) is 6.04 Å². The number of amides is 1. The first kappa shape index (κ1) is 14.3. The van der Waals surface area contributed by atoms with Gasteiger partial charge in [0.15, 0.2) is 0 Å². The number of likely N-dealkylation sites (tertiary alicyclic amines) is 1. The van der Waals surface area contributed by atoms with Gasteiger partial charge in [0.2, 0.25) is 5.91 Å². The summed E-state index contributed by atoms with van der Waals surface area (Å²) in [7, 11) is 0. The van der Waals surface area contributed by atoms with Crippen LogP contribution in [0.15, 0.2) is 0 Å². The second-order valence-corrected chi connectivity index (χ2v) is 6.95. The minimum Gasteiger partial charge on any atom is -0.354 e. The van der Waals surface area contributed by atoms with Gasteiger partial charge in [-0.1, -0.05) is 6.92 Å². The Morgan fingerprint density at radius 1 is 1.30 bits per heavy atom. The van der Waals surface area contributed by atoms with Crippen LogP contribution in [-0.4, -0.2) is 49.1 Å². The summed E-state index contributed by atoms with van der Waals surface area (Å²) in [5, 5.41) is 6.67. The monoisotopic (exact) mass is 279 g/mol. The topological polar surface area (TPSA) is 44.4 Å². The van der Waals surface area contributed by atoms with Crippen molar-refractivity contribution in [1.82, 2.24) is 15.5 Å². The largest absolute Gasteiger partial charge is 0.354 e. The summed E-state index contributed by atoms with van der Waals surface area (Å²) in [6.07, 6.45) is 8.43. The molecule has 114 valence electrons. The SMILES string of the molecule is CCC1(CNC(=O)C2CCCN2C2CCNCC2)CC1. The van der Waals surface area contributed by atoms with Crippen LogP contribution in [0.2, 0.25) is 0 Å². The van der Waals surface area contributed by atoms with E-state index in [1.165, 1.54) is 38.5 Å². The molecule has 20 heavy (non-hydrogen) atoms. The summed E-state index contributed by atoms with van der Waals surface area (Å²) in [6.45, 7) is 6.47. The molecule has 1 unspecified atom stereocenters. The first-order valence-corrected chi connectivity index (χ1v) is 8.48. The first-order valence-electron chi connectivity index (χ1n) is 8.48. The minimum absolute atomic E-state index is 0.144. The fourth-order valence-electron chi connectivity index (χ4n) is 3.87. The summed E-state index contributed by atoms with van der Waals surface area (Å²) >= 11 is 0. The van der Waals surface area contributed by atoms with Gasteiger partial charge in [-0.05, 0) is 70.0 Å². The zero-order valence-electron chi connectivity index (χ0n) is 12.8. The van der Waals surface area contributed by atoms with E-state index in [2.05, 4.69) is 22.5 Å². The number of piperidine rings is 1. The molecule has 0 radical (unpaired) electrons. The highest BCUT2D eigenvalue weighted by Crippen LogP contribution is 2.47. The second kappa shape index (κ2) is 6.02. The highest BCUT2D eigenvalue weighted by Gasteiger charge is 2.42. The van der Waals surface area contributed by atoms with Gasteiger partial charge in [0.25, 0.3) is 0 Å². The minimum atomic E-state index is 0.144. The van der Waals surface area contributed by atoms with Crippen molar-refractivity contribution in [2.45, 2.75) is 64.0 Å². The Hall–Kier alpha value is -0.610. The van der Waals surface area contributed by atoms with E-state index in [9.17, 15) is 4.79 Å². The van der Waals surface area contributed by atoms with E-state index < -0.39 is 0 Å². The Labute approximate surface area is 122 Å². The van der Waals surface area contributed by atoms with E-state index in [0.717, 1.165) is 32.6 Å². The summed E-state index contributed by atoms with van der Waals surface area (Å²) < 4.78 is 0. The Balaban J connectivity index is 1.53. The zero-order chi connectivity index (χ0) is 14.0. The lowest BCUT2D eigenvalue weighted by Crippen LogP contribution is -2.51. The van der Waals surface area contributed by atoms with Crippen molar-refractivity contribution in [2.24, 2.45) is 5.41 Å². The highest BCUT2D eigenvalue weighted by molar-refractivity contribution is 5.82. The van der Waals surface area contributed by atoms with E-state index >= 15 is 0 Å². The first-order chi connectivity index (χ1) is 9.74. The molecular weight excluding hydrogens is 250 g/mol. The Morgan fingerprint density at radius 3 is 2.70 bits per heavy atom. The van der Waals surface area contributed by atoms with Crippen molar-refractivity contribution in [3.8, 4) is 0 Å². The van der Waals surface area contributed by atoms with Gasteiger partial charge in [-0.25, -0.2) is 0 Å². The van der Waals surface area contributed by atoms with Crippen molar-refractivity contribution in [2.75, 3.05) is 26.2 Å². The van der Waals surface area contributed by atoms with Gasteiger partial charge in [-0.15, -0.1) is 0 Å². The van der Waals surface area contributed by atoms with E-state index in [4.69, 9.17) is 0 Å². The second-order valence-electron chi connectivity index (χ2n) is 6.95. The summed E-state index contributed by atoms with van der Waals surface area (Å²) in [5.41, 5.74) is 0.452. The van der Waals surface area contributed by atoms with Gasteiger partial charge in [0, 0.05) is 12.6 Å². The molecule has 1 saturated carbocycles. The van der Waals surface area contributed by atoms with Crippen LogP contribution in [0.5, 0.6) is 0 Å². The third-order valence-electron chi connectivity index (χ3n) is 5.72. The molecule has 4 nitrogen and oxygen atoms in total. The van der Waals surface area contributed by atoms with Crippen LogP contribution in [0.25, 0.3) is 0 Å². The maximum Gasteiger partial charge on any atom is 0.237 e. The van der Waals surface area contributed by atoms with Crippen LogP contribution in [-0.2, 0) is 4.79 Å². The van der Waals surface area contributed by atoms with Crippen molar-refractivity contribution in [1.29, 1.82) is 0 Å². The normalized spacial score (nSPS) is 30.4. The van der Waals surface area contributed by atoms with Crippen LogP contribution in [0.4, 0.5) is 0 Å². The molecule has 1 atom stereocenters. The van der Waals surface area contributed by atoms with Crippen LogP contribution < -0.4 is 10.6 Å². The molecule has 1 aliphatic carbocycles. The fraction of sp³-hybridized carbons (Fsp3) is 0.938. The molecule has 2 aliphatic heterocycles. The highest BCUT2D eigenvalue weighted by atomic mass is 16.2. The summed E-state index contributed by atoms with van der Waals surface area (Å²) in [5.74, 6) is 0.292. The lowest BCUT2D eigenvalue weighted by atomic mass is 10.0. The molecule has 2 saturated heterocycles. The number of nitrogens with zero attached hydrogens (tertiary/aromatic N) is 1. The molecule has 2 heterocycles. The van der Waals surface area contributed by atoms with Crippen LogP contribution in [0, 0.1) is 5.41 Å². The van der Waals surface area contributed by atoms with Gasteiger partial charge >= 0.3 is 0 Å². The lowest BCUT2D eigenvalue weighted by Gasteiger charge is -2.35. The Kier molecular flexibility index (Phi) is 4.32. The Bertz CT molecular complexity index is 348. The maximum atomic E-state index is 12.5. The summed E-state index contributed by atoms with van der Waals surface area (Å²) in [6, 6.07) is 0.765. The van der Waals surface area contributed by atoms with Crippen molar-refractivity contribution in [3.05, 3.63) is 0 Å². The molecule has 3 fully saturated rings. The Morgan fingerprint density at radius 2 is 2.05 bits per heavy atom. The van der Waals surface area contributed by atoms with E-state index in [-0.39, 0.29) is 6.04 Å². The third-order valence-corrected chi connectivity index (χ3v) is 5.72. The third kappa shape index (κ3) is 3.01. The maximum absolute atomic E-state index is 12.5. The molecule has 0 aromatic heterocycles. The average Bonchev–Trinajstić information content (AvgIpc) is 3.12. The standard InChI is InChI=1S/C16H29N3O/c1-2-16(7-8-16)12-18-15(20)14-4-3-11-19(14)13-5-9-17-10-6-13/h13-14,17H,2-12H2,1H3,(H,18,20). The van der Waals surface area contributed by atoms with Crippen LogP contribution >= 0.6 is 0 Å². The van der Waals surface area contributed by atoms with Gasteiger partial charge in [0.1, 0.15) is 0 Å². The van der Waals surface area contributed by atoms with Gasteiger partial charge in [-0.2, -0.15) is 0 Å². The van der Waals surface area contributed by atoms with Crippen molar-refractivity contribution >= 4 is 5.91 Å². The summed E-state index contributed by atoms with van der Waals surface area (Å²) in [4.78, 5) is 15.0. The zero-order valence-corrected chi connectivity index (χ0v) is 12.8. The molecule has 0 aromatic carbocycles. The number of nitrogens with one attached hydrogen (secondary N) is 2. The predicted octanol–water partition coefficient (Wildman–Crippen LogP) is 1.51. The number of rotatable bonds is 5.